The van der Waals surface area contributed by atoms with Crippen molar-refractivity contribution in [3.05, 3.63) is 53.9 Å². The van der Waals surface area contributed by atoms with Crippen molar-refractivity contribution in [3.63, 3.8) is 0 Å². The first-order valence-electron chi connectivity index (χ1n) is 6.88. The van der Waals surface area contributed by atoms with Gasteiger partial charge in [-0.25, -0.2) is 4.98 Å². The van der Waals surface area contributed by atoms with Gasteiger partial charge in [0, 0.05) is 34.4 Å². The van der Waals surface area contributed by atoms with Crippen LogP contribution in [-0.2, 0) is 0 Å². The summed E-state index contributed by atoms with van der Waals surface area (Å²) >= 11 is 1.59. The second kappa shape index (κ2) is 4.86. The number of rotatable bonds is 2. The van der Waals surface area contributed by atoms with Crippen LogP contribution in [0.15, 0.2) is 42.7 Å². The third kappa shape index (κ3) is 2.01. The molecule has 0 spiro atoms. The van der Waals surface area contributed by atoms with Crippen molar-refractivity contribution in [1.29, 1.82) is 5.26 Å². The number of nitrogens with one attached hydrogen (secondary N) is 2. The third-order valence-electron chi connectivity index (χ3n) is 3.76. The lowest BCUT2D eigenvalue weighted by molar-refractivity contribution is 1.39. The monoisotopic (exact) mass is 304 g/mol. The maximum Gasteiger partial charge on any atom is 0.125 e. The highest BCUT2D eigenvalue weighted by atomic mass is 32.1. The Kier molecular flexibility index (Phi) is 2.84. The maximum absolute atomic E-state index is 8.95. The van der Waals surface area contributed by atoms with Crippen LogP contribution in [0.2, 0.25) is 0 Å². The molecule has 22 heavy (non-hydrogen) atoms. The number of nitriles is 1. The van der Waals surface area contributed by atoms with Gasteiger partial charge in [0.25, 0.3) is 0 Å². The van der Waals surface area contributed by atoms with Crippen molar-refractivity contribution < 1.29 is 0 Å². The molecule has 0 radical (unpaired) electrons. The zero-order valence-corrected chi connectivity index (χ0v) is 12.7. The van der Waals surface area contributed by atoms with Crippen molar-refractivity contribution in [3.8, 4) is 6.07 Å². The lowest BCUT2D eigenvalue weighted by Gasteiger charge is -2.08. The zero-order valence-electron chi connectivity index (χ0n) is 11.8. The Hall–Kier alpha value is -2.84. The van der Waals surface area contributed by atoms with E-state index < -0.39 is 0 Å². The van der Waals surface area contributed by atoms with Gasteiger partial charge in [0.1, 0.15) is 10.9 Å². The van der Waals surface area contributed by atoms with Crippen LogP contribution in [0, 0.1) is 18.3 Å². The molecule has 4 aromatic rings. The second-order valence-electron chi connectivity index (χ2n) is 5.14. The van der Waals surface area contributed by atoms with E-state index in [1.807, 2.05) is 18.3 Å². The van der Waals surface area contributed by atoms with E-state index in [-0.39, 0.29) is 0 Å². The van der Waals surface area contributed by atoms with Crippen LogP contribution in [0.4, 0.5) is 10.7 Å². The Balaban J connectivity index is 1.75. The van der Waals surface area contributed by atoms with Crippen molar-refractivity contribution in [1.82, 2.24) is 9.97 Å². The SMILES string of the molecule is Cc1c(Nc2cc3cc(C#N)cnc3s2)ccc2[nH]ccc12. The molecule has 0 unspecified atom stereocenters. The normalized spacial score (nSPS) is 10.9. The number of aromatic nitrogens is 2. The number of pyridine rings is 1. The van der Waals surface area contributed by atoms with E-state index in [0.717, 1.165) is 26.4 Å². The molecule has 0 bridgehead atoms. The largest absolute Gasteiger partial charge is 0.361 e. The maximum atomic E-state index is 8.95. The smallest absolute Gasteiger partial charge is 0.125 e. The van der Waals surface area contributed by atoms with Gasteiger partial charge in [-0.3, -0.25) is 0 Å². The first kappa shape index (κ1) is 12.9. The first-order valence-corrected chi connectivity index (χ1v) is 7.69. The molecule has 5 heteroatoms. The summed E-state index contributed by atoms with van der Waals surface area (Å²) in [4.78, 5) is 8.48. The van der Waals surface area contributed by atoms with Crippen molar-refractivity contribution >= 4 is 43.1 Å². The highest BCUT2D eigenvalue weighted by molar-refractivity contribution is 7.22. The van der Waals surface area contributed by atoms with Crippen molar-refractivity contribution in [2.75, 3.05) is 5.32 Å². The Morgan fingerprint density at radius 3 is 3.05 bits per heavy atom. The predicted octanol–water partition coefficient (Wildman–Crippen LogP) is 4.70. The number of aromatic amines is 1. The van der Waals surface area contributed by atoms with E-state index in [1.54, 1.807) is 17.5 Å². The quantitative estimate of drug-likeness (QED) is 0.564. The molecule has 0 amide bonds. The van der Waals surface area contributed by atoms with Crippen LogP contribution in [-0.4, -0.2) is 9.97 Å². The number of fused-ring (bicyclic) bond motifs is 2. The minimum absolute atomic E-state index is 0.585. The molecular formula is C17H12N4S. The van der Waals surface area contributed by atoms with Gasteiger partial charge in [0.2, 0.25) is 0 Å². The minimum Gasteiger partial charge on any atom is -0.361 e. The molecule has 4 nitrogen and oxygen atoms in total. The topological polar surface area (TPSA) is 64.5 Å². The summed E-state index contributed by atoms with van der Waals surface area (Å²) in [7, 11) is 0. The van der Waals surface area contributed by atoms with Crippen LogP contribution < -0.4 is 5.32 Å². The number of thiophene rings is 1. The van der Waals surface area contributed by atoms with Crippen LogP contribution in [0.5, 0.6) is 0 Å². The molecule has 0 saturated carbocycles. The summed E-state index contributed by atoms with van der Waals surface area (Å²) < 4.78 is 0. The van der Waals surface area contributed by atoms with E-state index >= 15 is 0 Å². The molecule has 2 N–H and O–H groups in total. The summed E-state index contributed by atoms with van der Waals surface area (Å²) in [5.74, 6) is 0. The van der Waals surface area contributed by atoms with Gasteiger partial charge in [-0.2, -0.15) is 5.26 Å². The Bertz CT molecular complexity index is 1040. The summed E-state index contributed by atoms with van der Waals surface area (Å²) in [5.41, 5.74) is 4.02. The highest BCUT2D eigenvalue weighted by Crippen LogP contribution is 2.33. The van der Waals surface area contributed by atoms with Gasteiger partial charge in [-0.05, 0) is 42.8 Å². The van der Waals surface area contributed by atoms with E-state index in [4.69, 9.17) is 5.26 Å². The van der Waals surface area contributed by atoms with Gasteiger partial charge in [0.15, 0.2) is 0 Å². The average Bonchev–Trinajstić information content (AvgIpc) is 3.15. The standard InChI is InChI=1S/C17H12N4S/c1-10-13-4-5-19-15(13)3-2-14(10)21-16-7-12-6-11(8-18)9-20-17(12)22-16/h2-7,9,19,21H,1H3. The van der Waals surface area contributed by atoms with E-state index in [2.05, 4.69) is 46.5 Å². The highest BCUT2D eigenvalue weighted by Gasteiger charge is 2.08. The number of hydrogen-bond acceptors (Lipinski definition) is 4. The number of anilines is 2. The summed E-state index contributed by atoms with van der Waals surface area (Å²) in [6, 6.07) is 12.3. The number of nitrogens with zero attached hydrogens (tertiary/aromatic N) is 2. The summed E-state index contributed by atoms with van der Waals surface area (Å²) in [5, 5.41) is 15.6. The van der Waals surface area contributed by atoms with Crippen LogP contribution in [0.1, 0.15) is 11.1 Å². The molecule has 4 rings (SSSR count). The lowest BCUT2D eigenvalue weighted by Crippen LogP contribution is -1.90. The van der Waals surface area contributed by atoms with Gasteiger partial charge in [0.05, 0.1) is 10.6 Å². The van der Waals surface area contributed by atoms with Gasteiger partial charge < -0.3 is 10.3 Å². The van der Waals surface area contributed by atoms with Crippen molar-refractivity contribution in [2.24, 2.45) is 0 Å². The summed E-state index contributed by atoms with van der Waals surface area (Å²) in [6.07, 6.45) is 3.56. The molecule has 0 saturated heterocycles. The third-order valence-corrected chi connectivity index (χ3v) is 4.74. The van der Waals surface area contributed by atoms with E-state index in [9.17, 15) is 0 Å². The predicted molar refractivity (Wildman–Crippen MR) is 90.7 cm³/mol. The second-order valence-corrected chi connectivity index (χ2v) is 6.17. The minimum atomic E-state index is 0.585. The number of hydrogen-bond donors (Lipinski definition) is 2. The number of aryl methyl sites for hydroxylation is 1. The molecule has 0 atom stereocenters. The van der Waals surface area contributed by atoms with Crippen LogP contribution >= 0.6 is 11.3 Å². The molecule has 0 aliphatic rings. The zero-order chi connectivity index (χ0) is 15.1. The van der Waals surface area contributed by atoms with Gasteiger partial charge in [-0.1, -0.05) is 11.3 Å². The van der Waals surface area contributed by atoms with Crippen LogP contribution in [0.25, 0.3) is 21.1 Å². The number of benzene rings is 1. The first-order chi connectivity index (χ1) is 10.7. The lowest BCUT2D eigenvalue weighted by atomic mass is 10.1. The molecule has 0 fully saturated rings. The number of H-pyrrole nitrogens is 1. The molecule has 3 aromatic heterocycles. The molecule has 0 aliphatic heterocycles. The van der Waals surface area contributed by atoms with Crippen LogP contribution in [0.3, 0.4) is 0 Å². The van der Waals surface area contributed by atoms with Gasteiger partial charge >= 0.3 is 0 Å². The van der Waals surface area contributed by atoms with E-state index in [0.29, 0.717) is 5.56 Å². The Morgan fingerprint density at radius 1 is 1.27 bits per heavy atom. The Labute approximate surface area is 131 Å². The fourth-order valence-corrected chi connectivity index (χ4v) is 3.50. The summed E-state index contributed by atoms with van der Waals surface area (Å²) in [6.45, 7) is 2.11. The average molecular weight is 304 g/mol. The fourth-order valence-electron chi connectivity index (χ4n) is 2.61. The van der Waals surface area contributed by atoms with E-state index in [1.165, 1.54) is 10.9 Å². The molecular weight excluding hydrogens is 292 g/mol. The van der Waals surface area contributed by atoms with Gasteiger partial charge in [-0.15, -0.1) is 0 Å². The molecule has 3 heterocycles. The van der Waals surface area contributed by atoms with Crippen molar-refractivity contribution in [2.45, 2.75) is 6.92 Å². The Morgan fingerprint density at radius 2 is 2.18 bits per heavy atom. The molecule has 1 aromatic carbocycles. The molecule has 106 valence electrons. The molecule has 0 aliphatic carbocycles. The fraction of sp³-hybridized carbons (Fsp3) is 0.0588.